The third-order valence-corrected chi connectivity index (χ3v) is 8.59. The highest BCUT2D eigenvalue weighted by molar-refractivity contribution is 5.95. The third-order valence-electron chi connectivity index (χ3n) is 8.59. The molecule has 2 heteroatoms. The second kappa shape index (κ2) is 2.27. The maximum atomic E-state index is 12.8. The summed E-state index contributed by atoms with van der Waals surface area (Å²) in [5.74, 6) is 7.57. The maximum absolute atomic E-state index is 12.8. The first-order chi connectivity index (χ1) is 9.29. The van der Waals surface area contributed by atoms with E-state index in [0.29, 0.717) is 64.8 Å². The van der Waals surface area contributed by atoms with Gasteiger partial charge < -0.3 is 0 Å². The van der Waals surface area contributed by atoms with Crippen LogP contribution in [-0.4, -0.2) is 11.6 Å². The maximum Gasteiger partial charge on any atom is 0.140 e. The van der Waals surface area contributed by atoms with Crippen molar-refractivity contribution in [3.63, 3.8) is 0 Å². The van der Waals surface area contributed by atoms with Crippen molar-refractivity contribution in [2.45, 2.75) is 6.42 Å². The number of rotatable bonds is 0. The van der Waals surface area contributed by atoms with Crippen LogP contribution in [0.1, 0.15) is 6.42 Å². The lowest BCUT2D eigenvalue weighted by Gasteiger charge is -2.23. The Hall–Kier alpha value is -0.920. The Balaban J connectivity index is 1.61. The average Bonchev–Trinajstić information content (AvgIpc) is 3.10. The van der Waals surface area contributed by atoms with Gasteiger partial charge in [0, 0.05) is 23.7 Å². The van der Waals surface area contributed by atoms with Crippen molar-refractivity contribution in [3.8, 4) is 0 Å². The summed E-state index contributed by atoms with van der Waals surface area (Å²) in [6, 6.07) is 0. The molecule has 0 N–H and O–H groups in total. The second-order valence-corrected chi connectivity index (χ2v) is 8.31. The molecule has 6 fully saturated rings. The van der Waals surface area contributed by atoms with Crippen LogP contribution in [-0.2, 0) is 9.59 Å². The van der Waals surface area contributed by atoms with Crippen molar-refractivity contribution in [3.05, 3.63) is 12.2 Å². The number of carbonyl (C=O) groups is 2. The molecule has 0 amide bonds. The molecule has 0 radical (unpaired) electrons. The molecule has 0 aromatic heterocycles. The van der Waals surface area contributed by atoms with Gasteiger partial charge in [-0.05, 0) is 53.8 Å². The largest absolute Gasteiger partial charge is 0.299 e. The SMILES string of the molecule is O=C1C2CC3C(=O)C4C5C=CC6C1C1C2C3C4C1C65. The molecule has 0 aromatic rings. The second-order valence-electron chi connectivity index (χ2n) is 8.31. The van der Waals surface area contributed by atoms with Gasteiger partial charge in [-0.3, -0.25) is 9.59 Å². The number of hydrogen-bond acceptors (Lipinski definition) is 2. The molecule has 7 aliphatic carbocycles. The van der Waals surface area contributed by atoms with Gasteiger partial charge in [0.2, 0.25) is 0 Å². The zero-order chi connectivity index (χ0) is 12.2. The summed E-state index contributed by atoms with van der Waals surface area (Å²) in [4.78, 5) is 25.6. The van der Waals surface area contributed by atoms with Gasteiger partial charge in [0.1, 0.15) is 11.6 Å². The van der Waals surface area contributed by atoms with E-state index in [-0.39, 0.29) is 11.8 Å². The van der Waals surface area contributed by atoms with Crippen LogP contribution in [0.2, 0.25) is 0 Å². The first-order valence-electron chi connectivity index (χ1n) is 8.05. The van der Waals surface area contributed by atoms with Crippen molar-refractivity contribution in [1.29, 1.82) is 0 Å². The zero-order valence-electron chi connectivity index (χ0n) is 10.6. The van der Waals surface area contributed by atoms with Gasteiger partial charge in [-0.25, -0.2) is 0 Å². The van der Waals surface area contributed by atoms with Gasteiger partial charge in [0.15, 0.2) is 0 Å². The fourth-order valence-electron chi connectivity index (χ4n) is 8.79. The van der Waals surface area contributed by atoms with Crippen LogP contribution in [0.4, 0.5) is 0 Å². The topological polar surface area (TPSA) is 34.1 Å². The van der Waals surface area contributed by atoms with Gasteiger partial charge in [0.25, 0.3) is 0 Å². The predicted molar refractivity (Wildman–Crippen MR) is 65.7 cm³/mol. The Kier molecular flexibility index (Phi) is 1.09. The molecule has 10 unspecified atom stereocenters. The fraction of sp³-hybridized carbons (Fsp3) is 0.765. The molecule has 2 nitrogen and oxygen atoms in total. The van der Waals surface area contributed by atoms with E-state index in [1.807, 2.05) is 0 Å². The Morgan fingerprint density at radius 2 is 1.21 bits per heavy atom. The van der Waals surface area contributed by atoms with Gasteiger partial charge in [0.05, 0.1) is 0 Å². The predicted octanol–water partition coefficient (Wildman–Crippen LogP) is 1.56. The van der Waals surface area contributed by atoms with Gasteiger partial charge >= 0.3 is 0 Å². The summed E-state index contributed by atoms with van der Waals surface area (Å²) in [7, 11) is 0. The minimum Gasteiger partial charge on any atom is -0.299 e. The van der Waals surface area contributed by atoms with Crippen LogP contribution >= 0.6 is 0 Å². The van der Waals surface area contributed by atoms with E-state index >= 15 is 0 Å². The van der Waals surface area contributed by atoms with Gasteiger partial charge in [-0.2, -0.15) is 0 Å². The number of ketones is 2. The summed E-state index contributed by atoms with van der Waals surface area (Å²) in [6.45, 7) is 0. The lowest BCUT2D eigenvalue weighted by atomic mass is 9.79. The molecule has 6 saturated carbocycles. The van der Waals surface area contributed by atoms with E-state index in [1.54, 1.807) is 0 Å². The molecule has 7 rings (SSSR count). The van der Waals surface area contributed by atoms with Crippen molar-refractivity contribution >= 4 is 11.6 Å². The van der Waals surface area contributed by atoms with Crippen LogP contribution in [0.3, 0.4) is 0 Å². The Morgan fingerprint density at radius 3 is 1.74 bits per heavy atom. The third kappa shape index (κ3) is 0.606. The van der Waals surface area contributed by atoms with Crippen LogP contribution in [0.25, 0.3) is 0 Å². The molecule has 96 valence electrons. The van der Waals surface area contributed by atoms with Crippen molar-refractivity contribution in [2.75, 3.05) is 0 Å². The summed E-state index contributed by atoms with van der Waals surface area (Å²) in [6.07, 6.45) is 5.61. The fourth-order valence-corrected chi connectivity index (χ4v) is 8.79. The molecule has 0 heterocycles. The Labute approximate surface area is 111 Å². The normalized spacial score (nSPS) is 75.2. The first-order valence-corrected chi connectivity index (χ1v) is 8.05. The summed E-state index contributed by atoms with van der Waals surface area (Å²) in [5, 5.41) is 0. The molecule has 0 bridgehead atoms. The summed E-state index contributed by atoms with van der Waals surface area (Å²) in [5.41, 5.74) is 0. The highest BCUT2D eigenvalue weighted by Crippen LogP contribution is 2.82. The molecule has 0 saturated heterocycles. The minimum absolute atomic E-state index is 0.286. The van der Waals surface area contributed by atoms with Gasteiger partial charge in [-0.15, -0.1) is 0 Å². The highest BCUT2D eigenvalue weighted by atomic mass is 16.1. The molecule has 7 aliphatic rings. The molecular weight excluding hydrogens is 236 g/mol. The van der Waals surface area contributed by atoms with E-state index in [9.17, 15) is 9.59 Å². The van der Waals surface area contributed by atoms with E-state index < -0.39 is 0 Å². The Morgan fingerprint density at radius 1 is 0.684 bits per heavy atom. The molecule has 0 aliphatic heterocycles. The van der Waals surface area contributed by atoms with Crippen LogP contribution in [0, 0.1) is 71.0 Å². The highest BCUT2D eigenvalue weighted by Gasteiger charge is 2.82. The summed E-state index contributed by atoms with van der Waals surface area (Å²) < 4.78 is 0. The quantitative estimate of drug-likeness (QED) is 0.613. The van der Waals surface area contributed by atoms with Crippen LogP contribution in [0.5, 0.6) is 0 Å². The molecule has 10 atom stereocenters. The standard InChI is InChI=1S/C17H16O2/c18-16-6-3-7-10-9(6)14-11(16)4-1-2-5-8(4)13(14)15(10)12(5)17(7)19/h1-2,4-15H,3H2. The van der Waals surface area contributed by atoms with Crippen LogP contribution < -0.4 is 0 Å². The number of allylic oxidation sites excluding steroid dienone is 2. The summed E-state index contributed by atoms with van der Waals surface area (Å²) >= 11 is 0. The van der Waals surface area contributed by atoms with E-state index in [1.165, 1.54) is 0 Å². The van der Waals surface area contributed by atoms with E-state index in [4.69, 9.17) is 0 Å². The lowest BCUT2D eigenvalue weighted by molar-refractivity contribution is -0.128. The molecular formula is C17H16O2. The zero-order valence-corrected chi connectivity index (χ0v) is 10.6. The number of Topliss-reactive ketones (excluding diaryl/α,β-unsaturated/α-hetero) is 2. The Bertz CT molecular complexity index is 569. The molecule has 0 aromatic carbocycles. The average molecular weight is 252 g/mol. The number of carbonyl (C=O) groups excluding carboxylic acids is 2. The minimum atomic E-state index is 0.286. The van der Waals surface area contributed by atoms with Crippen molar-refractivity contribution < 1.29 is 9.59 Å². The number of hydrogen-bond donors (Lipinski definition) is 0. The first kappa shape index (κ1) is 9.10. The van der Waals surface area contributed by atoms with Crippen molar-refractivity contribution in [2.24, 2.45) is 71.0 Å². The smallest absolute Gasteiger partial charge is 0.140 e. The van der Waals surface area contributed by atoms with Crippen LogP contribution in [0.15, 0.2) is 12.2 Å². The monoisotopic (exact) mass is 252 g/mol. The number of fused-ring (bicyclic) bond motifs is 2. The van der Waals surface area contributed by atoms with Gasteiger partial charge in [-0.1, -0.05) is 12.2 Å². The lowest BCUT2D eigenvalue weighted by Crippen LogP contribution is -2.29. The van der Waals surface area contributed by atoms with E-state index in [0.717, 1.165) is 12.3 Å². The van der Waals surface area contributed by atoms with E-state index in [2.05, 4.69) is 12.2 Å². The molecule has 0 spiro atoms. The van der Waals surface area contributed by atoms with Crippen molar-refractivity contribution in [1.82, 2.24) is 0 Å². The molecule has 19 heavy (non-hydrogen) atoms.